The minimum absolute atomic E-state index is 0.0153. The van der Waals surface area contributed by atoms with Crippen LogP contribution in [0.4, 0.5) is 4.39 Å². The zero-order chi connectivity index (χ0) is 22.4. The lowest BCUT2D eigenvalue weighted by Crippen LogP contribution is -2.38. The molecular weight excluding hydrogens is 395 g/mol. The molecule has 1 unspecified atom stereocenters. The van der Waals surface area contributed by atoms with Gasteiger partial charge in [-0.1, -0.05) is 26.0 Å². The monoisotopic (exact) mass is 424 g/mol. The molecule has 2 aromatic carbocycles. The van der Waals surface area contributed by atoms with Crippen LogP contribution in [-0.2, 0) is 0 Å². The summed E-state index contributed by atoms with van der Waals surface area (Å²) in [6.45, 7) is 8.21. The fourth-order valence-electron chi connectivity index (χ4n) is 3.73. The van der Waals surface area contributed by atoms with Gasteiger partial charge < -0.3 is 10.1 Å². The maximum absolute atomic E-state index is 13.2. The van der Waals surface area contributed by atoms with Crippen LogP contribution in [0.15, 0.2) is 54.7 Å². The Balaban J connectivity index is 1.78. The standard InChI is InChI=1S/C24H29FN4O2/c1-5-28(6-2)23(18-8-7-9-21(14-18)31-4)16-26-24(30)22-15-27-29(17(22)3)20-12-10-19(25)11-13-20/h7-15,23H,5-6,16H2,1-4H3,(H,26,30). The van der Waals surface area contributed by atoms with Crippen molar-refractivity contribution < 1.29 is 13.9 Å². The Kier molecular flexibility index (Phi) is 7.41. The molecule has 0 saturated carbocycles. The summed E-state index contributed by atoms with van der Waals surface area (Å²) in [6, 6.07) is 14.0. The van der Waals surface area contributed by atoms with Crippen molar-refractivity contribution in [3.63, 3.8) is 0 Å². The Labute approximate surface area is 182 Å². The number of carbonyl (C=O) groups excluding carboxylic acids is 1. The summed E-state index contributed by atoms with van der Waals surface area (Å²) in [4.78, 5) is 15.3. The first-order chi connectivity index (χ1) is 15.0. The summed E-state index contributed by atoms with van der Waals surface area (Å²) >= 11 is 0. The molecule has 1 aromatic heterocycles. The Morgan fingerprint density at radius 1 is 1.19 bits per heavy atom. The highest BCUT2D eigenvalue weighted by Gasteiger charge is 2.21. The lowest BCUT2D eigenvalue weighted by Gasteiger charge is -2.30. The number of nitrogens with one attached hydrogen (secondary N) is 1. The molecule has 0 aliphatic carbocycles. The van der Waals surface area contributed by atoms with Crippen LogP contribution in [0, 0.1) is 12.7 Å². The quantitative estimate of drug-likeness (QED) is 0.561. The smallest absolute Gasteiger partial charge is 0.254 e. The van der Waals surface area contributed by atoms with E-state index in [1.54, 1.807) is 30.1 Å². The summed E-state index contributed by atoms with van der Waals surface area (Å²) in [7, 11) is 1.65. The van der Waals surface area contributed by atoms with E-state index >= 15 is 0 Å². The molecule has 1 amide bonds. The van der Waals surface area contributed by atoms with Gasteiger partial charge in [0.1, 0.15) is 11.6 Å². The second-order valence-electron chi connectivity index (χ2n) is 7.26. The number of halogens is 1. The molecule has 164 valence electrons. The molecule has 31 heavy (non-hydrogen) atoms. The number of hydrogen-bond acceptors (Lipinski definition) is 4. The second-order valence-corrected chi connectivity index (χ2v) is 7.26. The fraction of sp³-hybridized carbons (Fsp3) is 0.333. The van der Waals surface area contributed by atoms with Crippen LogP contribution in [0.2, 0.25) is 0 Å². The lowest BCUT2D eigenvalue weighted by molar-refractivity contribution is 0.0934. The number of amides is 1. The molecule has 0 radical (unpaired) electrons. The molecule has 0 aliphatic heterocycles. The summed E-state index contributed by atoms with van der Waals surface area (Å²) in [6.07, 6.45) is 1.55. The predicted octanol–water partition coefficient (Wildman–Crippen LogP) is 4.14. The highest BCUT2D eigenvalue weighted by atomic mass is 19.1. The van der Waals surface area contributed by atoms with Crippen molar-refractivity contribution in [2.24, 2.45) is 0 Å². The molecule has 1 heterocycles. The van der Waals surface area contributed by atoms with Crippen molar-refractivity contribution in [2.45, 2.75) is 26.8 Å². The largest absolute Gasteiger partial charge is 0.497 e. The van der Waals surface area contributed by atoms with Crippen molar-refractivity contribution in [3.8, 4) is 11.4 Å². The van der Waals surface area contributed by atoms with Gasteiger partial charge >= 0.3 is 0 Å². The van der Waals surface area contributed by atoms with Crippen molar-refractivity contribution >= 4 is 5.91 Å². The molecule has 0 spiro atoms. The maximum atomic E-state index is 13.2. The third-order valence-electron chi connectivity index (χ3n) is 5.51. The van der Waals surface area contributed by atoms with Crippen LogP contribution < -0.4 is 10.1 Å². The van der Waals surface area contributed by atoms with Gasteiger partial charge in [-0.15, -0.1) is 0 Å². The molecule has 0 bridgehead atoms. The Bertz CT molecular complexity index is 1010. The topological polar surface area (TPSA) is 59.4 Å². The zero-order valence-corrected chi connectivity index (χ0v) is 18.4. The van der Waals surface area contributed by atoms with Gasteiger partial charge in [-0.3, -0.25) is 9.69 Å². The SMILES string of the molecule is CCN(CC)C(CNC(=O)c1cnn(-c2ccc(F)cc2)c1C)c1cccc(OC)c1. The summed E-state index contributed by atoms with van der Waals surface area (Å²) in [5, 5.41) is 7.38. The van der Waals surface area contributed by atoms with Gasteiger partial charge in [-0.2, -0.15) is 5.10 Å². The van der Waals surface area contributed by atoms with Gasteiger partial charge in [0, 0.05) is 6.54 Å². The Hall–Kier alpha value is -3.19. The van der Waals surface area contributed by atoms with Crippen LogP contribution >= 0.6 is 0 Å². The molecular formula is C24H29FN4O2. The number of methoxy groups -OCH3 is 1. The van der Waals surface area contributed by atoms with Gasteiger partial charge in [0.2, 0.25) is 0 Å². The van der Waals surface area contributed by atoms with E-state index in [9.17, 15) is 9.18 Å². The molecule has 6 nitrogen and oxygen atoms in total. The number of aromatic nitrogens is 2. The minimum atomic E-state index is -0.313. The summed E-state index contributed by atoms with van der Waals surface area (Å²) in [5.74, 6) is 0.287. The van der Waals surface area contributed by atoms with Crippen LogP contribution in [0.25, 0.3) is 5.69 Å². The number of rotatable bonds is 9. The minimum Gasteiger partial charge on any atom is -0.497 e. The molecule has 1 N–H and O–H groups in total. The van der Waals surface area contributed by atoms with E-state index in [0.717, 1.165) is 24.4 Å². The normalized spacial score (nSPS) is 12.1. The van der Waals surface area contributed by atoms with E-state index in [0.29, 0.717) is 23.5 Å². The van der Waals surface area contributed by atoms with Gasteiger partial charge in [0.15, 0.2) is 0 Å². The van der Waals surface area contributed by atoms with E-state index in [1.165, 1.54) is 12.1 Å². The van der Waals surface area contributed by atoms with E-state index in [1.807, 2.05) is 25.1 Å². The molecule has 3 aromatic rings. The third-order valence-corrected chi connectivity index (χ3v) is 5.51. The van der Waals surface area contributed by atoms with E-state index in [2.05, 4.69) is 35.2 Å². The average Bonchev–Trinajstić information content (AvgIpc) is 3.18. The van der Waals surface area contributed by atoms with Gasteiger partial charge in [-0.25, -0.2) is 9.07 Å². The summed E-state index contributed by atoms with van der Waals surface area (Å²) in [5.41, 5.74) is 2.98. The van der Waals surface area contributed by atoms with E-state index in [-0.39, 0.29) is 17.8 Å². The molecule has 3 rings (SSSR count). The van der Waals surface area contributed by atoms with Crippen molar-refractivity contribution in [2.75, 3.05) is 26.7 Å². The number of likely N-dealkylation sites (N-methyl/N-ethyl adjacent to an activating group) is 1. The van der Waals surface area contributed by atoms with Gasteiger partial charge in [0.05, 0.1) is 36.3 Å². The maximum Gasteiger partial charge on any atom is 0.254 e. The first-order valence-corrected chi connectivity index (χ1v) is 10.4. The molecule has 1 atom stereocenters. The Morgan fingerprint density at radius 2 is 1.90 bits per heavy atom. The number of carbonyl (C=O) groups is 1. The number of benzene rings is 2. The Morgan fingerprint density at radius 3 is 2.55 bits per heavy atom. The van der Waals surface area contributed by atoms with Crippen LogP contribution in [-0.4, -0.2) is 47.3 Å². The van der Waals surface area contributed by atoms with Gasteiger partial charge in [-0.05, 0) is 62.0 Å². The van der Waals surface area contributed by atoms with E-state index in [4.69, 9.17) is 4.74 Å². The first-order valence-electron chi connectivity index (χ1n) is 10.4. The number of nitrogens with zero attached hydrogens (tertiary/aromatic N) is 3. The van der Waals surface area contributed by atoms with Crippen LogP contribution in [0.1, 0.15) is 41.5 Å². The van der Waals surface area contributed by atoms with Crippen molar-refractivity contribution in [3.05, 3.63) is 77.4 Å². The lowest BCUT2D eigenvalue weighted by atomic mass is 10.0. The van der Waals surface area contributed by atoms with Crippen LogP contribution in [0.3, 0.4) is 0 Å². The zero-order valence-electron chi connectivity index (χ0n) is 18.4. The number of hydrogen-bond donors (Lipinski definition) is 1. The molecule has 0 saturated heterocycles. The molecule has 0 fully saturated rings. The van der Waals surface area contributed by atoms with Crippen LogP contribution in [0.5, 0.6) is 5.75 Å². The van der Waals surface area contributed by atoms with E-state index < -0.39 is 0 Å². The van der Waals surface area contributed by atoms with Crippen molar-refractivity contribution in [1.29, 1.82) is 0 Å². The molecule has 7 heteroatoms. The van der Waals surface area contributed by atoms with Crippen molar-refractivity contribution in [1.82, 2.24) is 20.0 Å². The second kappa shape index (κ2) is 10.2. The molecule has 0 aliphatic rings. The highest BCUT2D eigenvalue weighted by molar-refractivity contribution is 5.95. The first kappa shape index (κ1) is 22.5. The number of ether oxygens (including phenoxy) is 1. The van der Waals surface area contributed by atoms with Gasteiger partial charge in [0.25, 0.3) is 5.91 Å². The highest BCUT2D eigenvalue weighted by Crippen LogP contribution is 2.24. The third kappa shape index (κ3) is 5.11. The fourth-order valence-corrected chi connectivity index (χ4v) is 3.73. The average molecular weight is 425 g/mol. The predicted molar refractivity (Wildman–Crippen MR) is 119 cm³/mol. The summed E-state index contributed by atoms with van der Waals surface area (Å²) < 4.78 is 20.2.